The number of hydrogen-bond acceptors (Lipinski definition) is 5. The summed E-state index contributed by atoms with van der Waals surface area (Å²) in [5.41, 5.74) is 6.27. The molecular formula is C11H16N6O. The Morgan fingerprint density at radius 1 is 1.61 bits per heavy atom. The first kappa shape index (κ1) is 11.2. The number of H-pyrrole nitrogens is 1. The van der Waals surface area contributed by atoms with Gasteiger partial charge < -0.3 is 10.6 Å². The van der Waals surface area contributed by atoms with Crippen molar-refractivity contribution in [2.45, 2.75) is 13.3 Å². The summed E-state index contributed by atoms with van der Waals surface area (Å²) in [6.45, 7) is 4.69. The van der Waals surface area contributed by atoms with Crippen LogP contribution in [0.5, 0.6) is 0 Å². The molecule has 0 bridgehead atoms. The van der Waals surface area contributed by atoms with Crippen LogP contribution in [0.25, 0.3) is 5.65 Å². The van der Waals surface area contributed by atoms with Crippen LogP contribution in [0.2, 0.25) is 0 Å². The fraction of sp³-hybridized carbons (Fsp3) is 0.545. The van der Waals surface area contributed by atoms with Crippen LogP contribution in [0.3, 0.4) is 0 Å². The summed E-state index contributed by atoms with van der Waals surface area (Å²) in [6, 6.07) is 1.82. The zero-order valence-electron chi connectivity index (χ0n) is 10.3. The molecule has 1 aliphatic rings. The number of aromatic amines is 1. The van der Waals surface area contributed by atoms with Crippen molar-refractivity contribution in [1.29, 1.82) is 0 Å². The Morgan fingerprint density at radius 3 is 3.17 bits per heavy atom. The number of hydrogen-bond donors (Lipinski definition) is 2. The maximum atomic E-state index is 11.3. The molecule has 18 heavy (non-hydrogen) atoms. The summed E-state index contributed by atoms with van der Waals surface area (Å²) in [6.07, 6.45) is 2.57. The fourth-order valence-electron chi connectivity index (χ4n) is 2.36. The van der Waals surface area contributed by atoms with E-state index in [0.29, 0.717) is 12.2 Å². The lowest BCUT2D eigenvalue weighted by molar-refractivity contribution is 0.383. The number of nitrogens with zero attached hydrogens (tertiary/aromatic N) is 4. The number of anilines is 1. The summed E-state index contributed by atoms with van der Waals surface area (Å²) in [5.74, 6) is 0.846. The molecule has 0 radical (unpaired) electrons. The minimum Gasteiger partial charge on any atom is -0.356 e. The molecule has 0 aliphatic carbocycles. The average Bonchev–Trinajstić information content (AvgIpc) is 2.95. The van der Waals surface area contributed by atoms with E-state index in [1.54, 1.807) is 0 Å². The molecule has 0 amide bonds. The zero-order valence-corrected chi connectivity index (χ0v) is 10.3. The van der Waals surface area contributed by atoms with E-state index in [4.69, 9.17) is 5.73 Å². The van der Waals surface area contributed by atoms with Gasteiger partial charge in [0, 0.05) is 19.2 Å². The molecule has 3 N–H and O–H groups in total. The molecule has 96 valence electrons. The van der Waals surface area contributed by atoms with E-state index < -0.39 is 0 Å². The van der Waals surface area contributed by atoms with Crippen molar-refractivity contribution < 1.29 is 0 Å². The van der Waals surface area contributed by atoms with Gasteiger partial charge >= 0.3 is 5.69 Å². The van der Waals surface area contributed by atoms with Gasteiger partial charge in [-0.2, -0.15) is 5.10 Å². The molecule has 3 heterocycles. The van der Waals surface area contributed by atoms with Crippen LogP contribution in [0, 0.1) is 5.41 Å². The standard InChI is InChI=1S/C11H16N6O/c1-11(5-12)2-3-16(6-11)8-4-9-14-15-10(18)17(9)7-13-8/h4,7H,2-3,5-6,12H2,1H3,(H,15,18). The van der Waals surface area contributed by atoms with E-state index in [0.717, 1.165) is 25.3 Å². The van der Waals surface area contributed by atoms with Gasteiger partial charge in [-0.05, 0) is 18.4 Å². The Morgan fingerprint density at radius 2 is 2.44 bits per heavy atom. The van der Waals surface area contributed by atoms with Crippen molar-refractivity contribution >= 4 is 11.5 Å². The zero-order chi connectivity index (χ0) is 12.8. The summed E-state index contributed by atoms with van der Waals surface area (Å²) in [5, 5.41) is 6.34. The van der Waals surface area contributed by atoms with Crippen molar-refractivity contribution in [3.63, 3.8) is 0 Å². The minimum atomic E-state index is -0.266. The normalized spacial score (nSPS) is 24.0. The maximum Gasteiger partial charge on any atom is 0.348 e. The Kier molecular flexibility index (Phi) is 2.37. The van der Waals surface area contributed by atoms with Crippen LogP contribution in [0.1, 0.15) is 13.3 Å². The van der Waals surface area contributed by atoms with Gasteiger partial charge in [0.15, 0.2) is 5.65 Å². The van der Waals surface area contributed by atoms with Gasteiger partial charge in [-0.3, -0.25) is 0 Å². The van der Waals surface area contributed by atoms with Crippen molar-refractivity contribution in [2.75, 3.05) is 24.5 Å². The lowest BCUT2D eigenvalue weighted by Crippen LogP contribution is -2.31. The van der Waals surface area contributed by atoms with Gasteiger partial charge in [0.25, 0.3) is 0 Å². The Balaban J connectivity index is 1.94. The van der Waals surface area contributed by atoms with Gasteiger partial charge in [-0.1, -0.05) is 6.92 Å². The van der Waals surface area contributed by atoms with Gasteiger partial charge in [-0.25, -0.2) is 19.3 Å². The number of nitrogens with one attached hydrogen (secondary N) is 1. The second-order valence-electron chi connectivity index (χ2n) is 5.19. The molecule has 7 nitrogen and oxygen atoms in total. The molecule has 1 unspecified atom stereocenters. The molecule has 2 aromatic heterocycles. The SMILES string of the molecule is CC1(CN)CCN(c2cc3n[nH]c(=O)n3cn2)C1. The van der Waals surface area contributed by atoms with Gasteiger partial charge in [0.2, 0.25) is 0 Å². The Hall–Kier alpha value is -1.89. The lowest BCUT2D eigenvalue weighted by atomic mass is 9.90. The van der Waals surface area contributed by atoms with E-state index in [1.165, 1.54) is 10.7 Å². The molecule has 1 aliphatic heterocycles. The Labute approximate surface area is 104 Å². The number of nitrogens with two attached hydrogens (primary N) is 1. The predicted octanol–water partition coefficient (Wildman–Crippen LogP) is -0.407. The average molecular weight is 248 g/mol. The summed E-state index contributed by atoms with van der Waals surface area (Å²) in [4.78, 5) is 17.8. The van der Waals surface area contributed by atoms with E-state index in [1.807, 2.05) is 6.07 Å². The van der Waals surface area contributed by atoms with Crippen molar-refractivity contribution in [2.24, 2.45) is 11.1 Å². The molecule has 1 atom stereocenters. The number of rotatable bonds is 2. The van der Waals surface area contributed by atoms with E-state index in [9.17, 15) is 4.79 Å². The summed E-state index contributed by atoms with van der Waals surface area (Å²) < 4.78 is 1.39. The maximum absolute atomic E-state index is 11.3. The summed E-state index contributed by atoms with van der Waals surface area (Å²) in [7, 11) is 0. The highest BCUT2D eigenvalue weighted by atomic mass is 16.1. The molecule has 3 rings (SSSR count). The van der Waals surface area contributed by atoms with Crippen LogP contribution in [-0.4, -0.2) is 39.2 Å². The monoisotopic (exact) mass is 248 g/mol. The van der Waals surface area contributed by atoms with Gasteiger partial charge in [-0.15, -0.1) is 0 Å². The van der Waals surface area contributed by atoms with Gasteiger partial charge in [0.1, 0.15) is 12.1 Å². The predicted molar refractivity (Wildman–Crippen MR) is 67.6 cm³/mol. The third-order valence-electron chi connectivity index (χ3n) is 3.67. The molecular weight excluding hydrogens is 232 g/mol. The van der Waals surface area contributed by atoms with Crippen LogP contribution >= 0.6 is 0 Å². The minimum absolute atomic E-state index is 0.152. The molecule has 0 aromatic carbocycles. The first-order valence-corrected chi connectivity index (χ1v) is 5.99. The van der Waals surface area contributed by atoms with Gasteiger partial charge in [0.05, 0.1) is 0 Å². The van der Waals surface area contributed by atoms with Crippen LogP contribution in [0.4, 0.5) is 5.82 Å². The molecule has 0 spiro atoms. The smallest absolute Gasteiger partial charge is 0.348 e. The first-order chi connectivity index (χ1) is 8.61. The van der Waals surface area contributed by atoms with E-state index in [2.05, 4.69) is 27.0 Å². The first-order valence-electron chi connectivity index (χ1n) is 5.99. The van der Waals surface area contributed by atoms with Crippen LogP contribution in [0.15, 0.2) is 17.2 Å². The highest BCUT2D eigenvalue weighted by Crippen LogP contribution is 2.31. The third-order valence-corrected chi connectivity index (χ3v) is 3.67. The third kappa shape index (κ3) is 1.67. The van der Waals surface area contributed by atoms with Crippen molar-refractivity contribution in [1.82, 2.24) is 19.6 Å². The van der Waals surface area contributed by atoms with E-state index >= 15 is 0 Å². The van der Waals surface area contributed by atoms with Crippen molar-refractivity contribution in [3.05, 3.63) is 22.9 Å². The number of fused-ring (bicyclic) bond motifs is 1. The summed E-state index contributed by atoms with van der Waals surface area (Å²) >= 11 is 0. The second kappa shape index (κ2) is 3.81. The number of aromatic nitrogens is 4. The van der Waals surface area contributed by atoms with Crippen LogP contribution < -0.4 is 16.3 Å². The molecule has 1 fully saturated rings. The quantitative estimate of drug-likeness (QED) is 0.754. The topological polar surface area (TPSA) is 92.3 Å². The Bertz CT molecular complexity index is 632. The largest absolute Gasteiger partial charge is 0.356 e. The highest BCUT2D eigenvalue weighted by Gasteiger charge is 2.33. The molecule has 2 aromatic rings. The molecule has 1 saturated heterocycles. The van der Waals surface area contributed by atoms with Crippen molar-refractivity contribution in [3.8, 4) is 0 Å². The van der Waals surface area contributed by atoms with Crippen LogP contribution in [-0.2, 0) is 0 Å². The fourth-order valence-corrected chi connectivity index (χ4v) is 2.36. The molecule has 0 saturated carbocycles. The molecule has 7 heteroatoms. The van der Waals surface area contributed by atoms with E-state index in [-0.39, 0.29) is 11.1 Å². The highest BCUT2D eigenvalue weighted by molar-refractivity contribution is 5.51. The second-order valence-corrected chi connectivity index (χ2v) is 5.19. The lowest BCUT2D eigenvalue weighted by Gasteiger charge is -2.23.